The summed E-state index contributed by atoms with van der Waals surface area (Å²) in [5.41, 5.74) is 4.93. The molecule has 0 saturated heterocycles. The summed E-state index contributed by atoms with van der Waals surface area (Å²) in [6, 6.07) is 0. The van der Waals surface area contributed by atoms with Gasteiger partial charge in [-0.15, -0.1) is 0 Å². The monoisotopic (exact) mass is 372 g/mol. The second-order valence-corrected chi connectivity index (χ2v) is 7.03. The fraction of sp³-hybridized carbons (Fsp3) is 0.842. The lowest BCUT2D eigenvalue weighted by Gasteiger charge is -2.25. The molecular formula is C19H36N2O5. The van der Waals surface area contributed by atoms with E-state index in [-0.39, 0.29) is 30.3 Å². The predicted octanol–water partition coefficient (Wildman–Crippen LogP) is 1.82. The van der Waals surface area contributed by atoms with Crippen molar-refractivity contribution in [2.24, 2.45) is 17.6 Å². The zero-order valence-corrected chi connectivity index (χ0v) is 16.7. The first-order chi connectivity index (χ1) is 12.2. The molecule has 0 aromatic carbocycles. The van der Waals surface area contributed by atoms with Crippen molar-refractivity contribution in [2.45, 2.75) is 65.9 Å². The highest BCUT2D eigenvalue weighted by Gasteiger charge is 2.26. The van der Waals surface area contributed by atoms with E-state index in [0.29, 0.717) is 44.5 Å². The highest BCUT2D eigenvalue weighted by molar-refractivity contribution is 5.83. The fourth-order valence-corrected chi connectivity index (χ4v) is 2.18. The Kier molecular flexibility index (Phi) is 13.8. The van der Waals surface area contributed by atoms with E-state index < -0.39 is 0 Å². The summed E-state index contributed by atoms with van der Waals surface area (Å²) < 4.78 is 10.3. The van der Waals surface area contributed by atoms with Gasteiger partial charge in [-0.2, -0.15) is 0 Å². The molecule has 1 fully saturated rings. The number of hydrogen-bond acceptors (Lipinski definition) is 5. The number of amides is 2. The first-order valence-corrected chi connectivity index (χ1v) is 9.52. The zero-order valence-electron chi connectivity index (χ0n) is 16.7. The number of ketones is 1. The Morgan fingerprint density at radius 2 is 1.69 bits per heavy atom. The van der Waals surface area contributed by atoms with E-state index >= 15 is 0 Å². The Balaban J connectivity index is 0.000000577. The van der Waals surface area contributed by atoms with Crippen LogP contribution in [0.25, 0.3) is 0 Å². The summed E-state index contributed by atoms with van der Waals surface area (Å²) in [4.78, 5) is 32.7. The van der Waals surface area contributed by atoms with Crippen molar-refractivity contribution in [2.75, 3.05) is 26.4 Å². The molecule has 0 unspecified atom stereocenters. The third kappa shape index (κ3) is 13.8. The number of carbonyl (C=O) groups excluding carboxylic acids is 3. The van der Waals surface area contributed by atoms with Crippen LogP contribution in [0.5, 0.6) is 0 Å². The van der Waals surface area contributed by atoms with E-state index in [1.165, 1.54) is 6.42 Å². The van der Waals surface area contributed by atoms with Gasteiger partial charge in [0.05, 0.1) is 25.9 Å². The fourth-order valence-electron chi connectivity index (χ4n) is 2.18. The van der Waals surface area contributed by atoms with Gasteiger partial charge in [0.2, 0.25) is 11.8 Å². The van der Waals surface area contributed by atoms with Gasteiger partial charge >= 0.3 is 0 Å². The number of nitrogens with two attached hydrogens (primary N) is 1. The van der Waals surface area contributed by atoms with Gasteiger partial charge in [-0.05, 0) is 26.7 Å². The molecule has 1 rings (SSSR count). The molecule has 26 heavy (non-hydrogen) atoms. The summed E-state index contributed by atoms with van der Waals surface area (Å²) in [6.07, 6.45) is 4.26. The van der Waals surface area contributed by atoms with Crippen LogP contribution >= 0.6 is 0 Å². The number of Topliss-reactive ketones (excluding diaryl/α,β-unsaturated/α-hetero) is 1. The van der Waals surface area contributed by atoms with E-state index in [4.69, 9.17) is 15.2 Å². The number of nitrogens with one attached hydrogen (secondary N) is 1. The quantitative estimate of drug-likeness (QED) is 0.508. The largest absolute Gasteiger partial charge is 0.379 e. The van der Waals surface area contributed by atoms with E-state index in [1.807, 2.05) is 27.7 Å². The van der Waals surface area contributed by atoms with E-state index in [0.717, 1.165) is 12.8 Å². The molecular weight excluding hydrogens is 336 g/mol. The molecule has 2 amide bonds. The van der Waals surface area contributed by atoms with Crippen molar-refractivity contribution in [3.05, 3.63) is 0 Å². The summed E-state index contributed by atoms with van der Waals surface area (Å²) in [5.74, 6) is 0.713. The normalized spacial score (nSPS) is 13.8. The van der Waals surface area contributed by atoms with Gasteiger partial charge in [-0.1, -0.05) is 20.3 Å². The second kappa shape index (κ2) is 14.7. The molecule has 0 bridgehead atoms. The van der Waals surface area contributed by atoms with Crippen LogP contribution < -0.4 is 11.1 Å². The van der Waals surface area contributed by atoms with Crippen LogP contribution in [0.4, 0.5) is 0 Å². The van der Waals surface area contributed by atoms with Crippen LogP contribution in [0.3, 0.4) is 0 Å². The number of primary amides is 1. The molecule has 3 N–H and O–H groups in total. The molecule has 7 heteroatoms. The Hall–Kier alpha value is -1.47. The van der Waals surface area contributed by atoms with Gasteiger partial charge < -0.3 is 20.5 Å². The lowest BCUT2D eigenvalue weighted by molar-refractivity contribution is -0.128. The van der Waals surface area contributed by atoms with Crippen LogP contribution in [-0.4, -0.2) is 50.1 Å². The zero-order chi connectivity index (χ0) is 19.9. The first-order valence-electron chi connectivity index (χ1n) is 9.52. The molecule has 0 aromatic heterocycles. The summed E-state index contributed by atoms with van der Waals surface area (Å²) >= 11 is 0. The van der Waals surface area contributed by atoms with Crippen LogP contribution in [0.2, 0.25) is 0 Å². The maximum atomic E-state index is 11.2. The predicted molar refractivity (Wildman–Crippen MR) is 101 cm³/mol. The molecule has 152 valence electrons. The molecule has 0 heterocycles. The maximum absolute atomic E-state index is 11.2. The van der Waals surface area contributed by atoms with E-state index in [9.17, 15) is 14.4 Å². The minimum Gasteiger partial charge on any atom is -0.379 e. The molecule has 0 spiro atoms. The Morgan fingerprint density at radius 1 is 1.04 bits per heavy atom. The lowest BCUT2D eigenvalue weighted by atomic mass is 9.79. The molecule has 0 radical (unpaired) electrons. The first kappa shape index (κ1) is 24.5. The highest BCUT2D eigenvalue weighted by Crippen LogP contribution is 2.29. The molecule has 7 nitrogen and oxygen atoms in total. The number of carbonyl (C=O) groups is 3. The smallest absolute Gasteiger partial charge is 0.222 e. The Labute approximate surface area is 157 Å². The molecule has 0 aliphatic heterocycles. The third-order valence-corrected chi connectivity index (χ3v) is 3.92. The molecule has 0 aromatic rings. The standard InChI is InChI=1S/C11H22N2O4.C8H14O/c1-9(2)17-7-4-11(15)13-5-8-16-6-3-10(12)14;1-6(2)8(9)7-4-3-5-7/h9H,3-8H2,1-2H3,(H2,12,14)(H,13,15);6-7H,3-5H2,1-2H3. The summed E-state index contributed by atoms with van der Waals surface area (Å²) in [6.45, 7) is 9.34. The lowest BCUT2D eigenvalue weighted by Crippen LogP contribution is -2.28. The van der Waals surface area contributed by atoms with Crippen LogP contribution in [-0.2, 0) is 23.9 Å². The van der Waals surface area contributed by atoms with E-state index in [2.05, 4.69) is 5.32 Å². The van der Waals surface area contributed by atoms with Crippen molar-refractivity contribution in [3.63, 3.8) is 0 Å². The van der Waals surface area contributed by atoms with E-state index in [1.54, 1.807) is 0 Å². The third-order valence-electron chi connectivity index (χ3n) is 3.92. The minimum atomic E-state index is -0.389. The molecule has 1 aliphatic rings. The van der Waals surface area contributed by atoms with Crippen LogP contribution in [0, 0.1) is 11.8 Å². The Bertz CT molecular complexity index is 420. The number of rotatable bonds is 12. The average molecular weight is 373 g/mol. The maximum Gasteiger partial charge on any atom is 0.222 e. The van der Waals surface area contributed by atoms with Crippen molar-refractivity contribution >= 4 is 17.6 Å². The topological polar surface area (TPSA) is 108 Å². The van der Waals surface area contributed by atoms with Crippen molar-refractivity contribution in [1.82, 2.24) is 5.32 Å². The Morgan fingerprint density at radius 3 is 2.12 bits per heavy atom. The van der Waals surface area contributed by atoms with Gasteiger partial charge in [0, 0.05) is 31.2 Å². The van der Waals surface area contributed by atoms with Gasteiger partial charge in [0.15, 0.2) is 0 Å². The highest BCUT2D eigenvalue weighted by atomic mass is 16.5. The van der Waals surface area contributed by atoms with Crippen molar-refractivity contribution < 1.29 is 23.9 Å². The van der Waals surface area contributed by atoms with Gasteiger partial charge in [-0.3, -0.25) is 14.4 Å². The summed E-state index contributed by atoms with van der Waals surface area (Å²) in [5, 5.41) is 2.68. The molecule has 1 aliphatic carbocycles. The SMILES string of the molecule is CC(C)C(=O)C1CCC1.CC(C)OCCC(=O)NCCOCCC(N)=O. The number of ether oxygens (including phenoxy) is 2. The van der Waals surface area contributed by atoms with Crippen LogP contribution in [0.1, 0.15) is 59.8 Å². The molecule has 1 saturated carbocycles. The minimum absolute atomic E-state index is 0.0656. The number of hydrogen-bond donors (Lipinski definition) is 2. The van der Waals surface area contributed by atoms with Crippen molar-refractivity contribution in [3.8, 4) is 0 Å². The average Bonchev–Trinajstić information content (AvgIpc) is 2.49. The van der Waals surface area contributed by atoms with Crippen LogP contribution in [0.15, 0.2) is 0 Å². The van der Waals surface area contributed by atoms with Crippen molar-refractivity contribution in [1.29, 1.82) is 0 Å². The van der Waals surface area contributed by atoms with Gasteiger partial charge in [-0.25, -0.2) is 0 Å². The van der Waals surface area contributed by atoms with Gasteiger partial charge in [0.1, 0.15) is 5.78 Å². The second-order valence-electron chi connectivity index (χ2n) is 7.03. The molecule has 0 atom stereocenters. The van der Waals surface area contributed by atoms with Gasteiger partial charge in [0.25, 0.3) is 0 Å². The summed E-state index contributed by atoms with van der Waals surface area (Å²) in [7, 11) is 0.